The molecule has 0 radical (unpaired) electrons. The molecule has 0 bridgehead atoms. The fourth-order valence-corrected chi connectivity index (χ4v) is 4.86. The Kier molecular flexibility index (Phi) is 4.26. The van der Waals surface area contributed by atoms with E-state index in [-0.39, 0.29) is 11.9 Å². The number of benzene rings is 1. The molecule has 2 saturated carbocycles. The number of carbonyl (C=O) groups is 1. The molecule has 1 aromatic carbocycles. The van der Waals surface area contributed by atoms with Crippen LogP contribution in [0.1, 0.15) is 57.1 Å². The van der Waals surface area contributed by atoms with Gasteiger partial charge >= 0.3 is 6.01 Å². The first-order valence-corrected chi connectivity index (χ1v) is 11.4. The topological polar surface area (TPSA) is 84.1 Å². The number of nitrogens with one attached hydrogen (secondary N) is 1. The van der Waals surface area contributed by atoms with Gasteiger partial charge in [-0.05, 0) is 56.2 Å². The van der Waals surface area contributed by atoms with Crippen molar-refractivity contribution in [1.29, 1.82) is 0 Å². The molecule has 3 aliphatic rings. The Labute approximate surface area is 181 Å². The highest BCUT2D eigenvalue weighted by atomic mass is 16.4. The first-order chi connectivity index (χ1) is 15.1. The molecular weight excluding hydrogens is 390 g/mol. The maximum atomic E-state index is 12.9. The Morgan fingerprint density at radius 1 is 1.13 bits per heavy atom. The highest BCUT2D eigenvalue weighted by Gasteiger charge is 2.45. The molecule has 7 heteroatoms. The first kappa shape index (κ1) is 18.8. The zero-order valence-electron chi connectivity index (χ0n) is 17.8. The van der Waals surface area contributed by atoms with Gasteiger partial charge in [0.1, 0.15) is 6.04 Å². The van der Waals surface area contributed by atoms with Gasteiger partial charge in [0.25, 0.3) is 5.89 Å². The molecule has 31 heavy (non-hydrogen) atoms. The van der Waals surface area contributed by atoms with Crippen molar-refractivity contribution in [2.75, 3.05) is 18.4 Å². The number of pyridine rings is 1. The van der Waals surface area contributed by atoms with E-state index in [2.05, 4.69) is 27.6 Å². The van der Waals surface area contributed by atoms with Crippen LogP contribution in [0.15, 0.2) is 34.9 Å². The average Bonchev–Trinajstić information content (AvgIpc) is 3.73. The zero-order valence-corrected chi connectivity index (χ0v) is 17.8. The monoisotopic (exact) mass is 417 g/mol. The number of likely N-dealkylation sites (tertiary alicyclic amines) is 1. The second-order valence-electron chi connectivity index (χ2n) is 9.48. The van der Waals surface area contributed by atoms with Crippen molar-refractivity contribution in [2.45, 2.75) is 57.4 Å². The molecule has 1 aliphatic heterocycles. The highest BCUT2D eigenvalue weighted by molar-refractivity contribution is 5.96. The molecule has 1 saturated heterocycles. The van der Waals surface area contributed by atoms with Crippen molar-refractivity contribution >= 4 is 22.7 Å². The molecule has 1 amide bonds. The Morgan fingerprint density at radius 3 is 2.58 bits per heavy atom. The molecule has 1 atom stereocenters. The van der Waals surface area contributed by atoms with E-state index >= 15 is 0 Å². The van der Waals surface area contributed by atoms with Crippen LogP contribution in [0.4, 0.5) is 6.01 Å². The van der Waals surface area contributed by atoms with Gasteiger partial charge in [-0.2, -0.15) is 0 Å². The van der Waals surface area contributed by atoms with Gasteiger partial charge in [0.2, 0.25) is 5.91 Å². The summed E-state index contributed by atoms with van der Waals surface area (Å²) in [5, 5.41) is 13.7. The van der Waals surface area contributed by atoms with Gasteiger partial charge in [0.05, 0.1) is 11.3 Å². The van der Waals surface area contributed by atoms with Crippen molar-refractivity contribution in [1.82, 2.24) is 20.1 Å². The van der Waals surface area contributed by atoms with Crippen LogP contribution in [0.3, 0.4) is 0 Å². The van der Waals surface area contributed by atoms with Crippen molar-refractivity contribution in [3.63, 3.8) is 0 Å². The minimum Gasteiger partial charge on any atom is -0.403 e. The van der Waals surface area contributed by atoms with Crippen LogP contribution in [0.2, 0.25) is 0 Å². The van der Waals surface area contributed by atoms with Crippen LogP contribution in [0.25, 0.3) is 22.2 Å². The van der Waals surface area contributed by atoms with Crippen LogP contribution in [0.5, 0.6) is 0 Å². The third kappa shape index (κ3) is 3.46. The molecule has 3 fully saturated rings. The second-order valence-corrected chi connectivity index (χ2v) is 9.48. The highest BCUT2D eigenvalue weighted by Crippen LogP contribution is 2.53. The SMILES string of the molecule is C[C@@H](Nc1nnc(-c2cnc(C3CC3)c3ccccc23)o1)C(=O)N1CCC2(CC1)CC2. The number of amides is 1. The predicted molar refractivity (Wildman–Crippen MR) is 118 cm³/mol. The fraction of sp³-hybridized carbons (Fsp3) is 0.500. The maximum Gasteiger partial charge on any atom is 0.316 e. The quantitative estimate of drug-likeness (QED) is 0.664. The molecule has 1 N–H and O–H groups in total. The number of aromatic nitrogens is 3. The molecule has 0 unspecified atom stereocenters. The predicted octanol–water partition coefficient (Wildman–Crippen LogP) is 4.37. The molecule has 2 aliphatic carbocycles. The van der Waals surface area contributed by atoms with Gasteiger partial charge in [-0.1, -0.05) is 29.4 Å². The number of hydrogen-bond acceptors (Lipinski definition) is 6. The van der Waals surface area contributed by atoms with E-state index in [4.69, 9.17) is 9.40 Å². The van der Waals surface area contributed by atoms with E-state index in [1.165, 1.54) is 25.7 Å². The summed E-state index contributed by atoms with van der Waals surface area (Å²) in [6, 6.07) is 8.10. The van der Waals surface area contributed by atoms with E-state index in [9.17, 15) is 4.79 Å². The lowest BCUT2D eigenvalue weighted by molar-refractivity contribution is -0.133. The van der Waals surface area contributed by atoms with Crippen LogP contribution in [-0.2, 0) is 4.79 Å². The van der Waals surface area contributed by atoms with Crippen LogP contribution >= 0.6 is 0 Å². The van der Waals surface area contributed by atoms with Crippen molar-refractivity contribution < 1.29 is 9.21 Å². The molecule has 6 rings (SSSR count). The summed E-state index contributed by atoms with van der Waals surface area (Å²) in [5.74, 6) is 1.08. The fourth-order valence-electron chi connectivity index (χ4n) is 4.86. The van der Waals surface area contributed by atoms with Gasteiger partial charge < -0.3 is 14.6 Å². The summed E-state index contributed by atoms with van der Waals surface area (Å²) < 4.78 is 5.90. The van der Waals surface area contributed by atoms with Crippen molar-refractivity contribution in [3.05, 3.63) is 36.2 Å². The second kappa shape index (κ2) is 7.04. The summed E-state index contributed by atoms with van der Waals surface area (Å²) >= 11 is 0. The number of piperidine rings is 1. The minimum absolute atomic E-state index is 0.0937. The normalized spacial score (nSPS) is 20.7. The van der Waals surface area contributed by atoms with Crippen molar-refractivity contribution in [2.24, 2.45) is 5.41 Å². The van der Waals surface area contributed by atoms with E-state index < -0.39 is 6.04 Å². The van der Waals surface area contributed by atoms with E-state index in [0.717, 1.165) is 48.0 Å². The number of anilines is 1. The third-order valence-electron chi connectivity index (χ3n) is 7.25. The van der Waals surface area contributed by atoms with Crippen LogP contribution in [0, 0.1) is 5.41 Å². The van der Waals surface area contributed by atoms with Gasteiger partial charge in [-0.3, -0.25) is 9.78 Å². The number of carbonyl (C=O) groups excluding carboxylic acids is 1. The molecular formula is C24H27N5O2. The van der Waals surface area contributed by atoms with Gasteiger partial charge in [0.15, 0.2) is 0 Å². The molecule has 3 aromatic rings. The molecule has 7 nitrogen and oxygen atoms in total. The van der Waals surface area contributed by atoms with Crippen molar-refractivity contribution in [3.8, 4) is 11.5 Å². The lowest BCUT2D eigenvalue weighted by Crippen LogP contribution is -2.45. The summed E-state index contributed by atoms with van der Waals surface area (Å²) in [5.41, 5.74) is 2.54. The Bertz CT molecular complexity index is 1140. The number of nitrogens with zero attached hydrogens (tertiary/aromatic N) is 4. The Hall–Kier alpha value is -2.96. The number of fused-ring (bicyclic) bond motifs is 1. The average molecular weight is 418 g/mol. The lowest BCUT2D eigenvalue weighted by Gasteiger charge is -2.33. The first-order valence-electron chi connectivity index (χ1n) is 11.4. The van der Waals surface area contributed by atoms with Gasteiger partial charge in [-0.25, -0.2) is 0 Å². The Balaban J connectivity index is 1.19. The van der Waals surface area contributed by atoms with E-state index in [1.54, 1.807) is 0 Å². The minimum atomic E-state index is -0.409. The molecule has 2 aromatic heterocycles. The number of hydrogen-bond donors (Lipinski definition) is 1. The standard InChI is InChI=1S/C24H27N5O2/c1-15(22(30)29-12-10-24(8-9-24)11-13-29)26-23-28-27-21(31-23)19-14-25-20(16-6-7-16)18-5-3-2-4-17(18)19/h2-5,14-16H,6-13H2,1H3,(H,26,28)/t15-/m1/s1. The summed E-state index contributed by atoms with van der Waals surface area (Å²) in [4.78, 5) is 19.5. The van der Waals surface area contributed by atoms with Gasteiger partial charge in [-0.15, -0.1) is 5.10 Å². The van der Waals surface area contributed by atoms with E-state index in [1.807, 2.05) is 30.2 Å². The summed E-state index contributed by atoms with van der Waals surface area (Å²) in [6.07, 6.45) is 9.17. The van der Waals surface area contributed by atoms with Crippen LogP contribution in [-0.4, -0.2) is 45.1 Å². The lowest BCUT2D eigenvalue weighted by atomic mass is 9.93. The molecule has 3 heterocycles. The number of rotatable bonds is 5. The van der Waals surface area contributed by atoms with Crippen LogP contribution < -0.4 is 5.32 Å². The maximum absolute atomic E-state index is 12.9. The smallest absolute Gasteiger partial charge is 0.316 e. The molecule has 1 spiro atoms. The summed E-state index contributed by atoms with van der Waals surface area (Å²) in [6.45, 7) is 3.56. The molecule has 160 valence electrons. The Morgan fingerprint density at radius 2 is 1.87 bits per heavy atom. The largest absolute Gasteiger partial charge is 0.403 e. The summed E-state index contributed by atoms with van der Waals surface area (Å²) in [7, 11) is 0. The van der Waals surface area contributed by atoms with Gasteiger partial charge in [0, 0.05) is 30.6 Å². The van der Waals surface area contributed by atoms with E-state index in [0.29, 0.717) is 17.2 Å². The third-order valence-corrected chi connectivity index (χ3v) is 7.25. The zero-order chi connectivity index (χ0) is 21.0.